The molecule has 1 unspecified atom stereocenters. The fourth-order valence-corrected chi connectivity index (χ4v) is 2.92. The van der Waals surface area contributed by atoms with E-state index in [0.29, 0.717) is 12.1 Å². The van der Waals surface area contributed by atoms with E-state index in [9.17, 15) is 13.2 Å². The van der Waals surface area contributed by atoms with Crippen molar-refractivity contribution in [1.82, 2.24) is 5.32 Å². The Morgan fingerprint density at radius 1 is 1.16 bits per heavy atom. The van der Waals surface area contributed by atoms with Crippen LogP contribution in [0.25, 0.3) is 0 Å². The van der Waals surface area contributed by atoms with E-state index in [-0.39, 0.29) is 6.04 Å². The summed E-state index contributed by atoms with van der Waals surface area (Å²) in [6.45, 7) is 4.51. The number of hydrogen-bond acceptors (Lipinski definition) is 2. The molecule has 0 radical (unpaired) electrons. The molecule has 5 heteroatoms. The van der Waals surface area contributed by atoms with E-state index in [2.05, 4.69) is 5.32 Å². The number of hydrogen-bond donors (Lipinski definition) is 1. The highest BCUT2D eigenvalue weighted by atomic mass is 32.1. The molecule has 1 aromatic carbocycles. The molecule has 1 nitrogen and oxygen atoms in total. The van der Waals surface area contributed by atoms with E-state index in [4.69, 9.17) is 0 Å². The zero-order chi connectivity index (χ0) is 14.0. The molecule has 1 N–H and O–H groups in total. The molecule has 0 aliphatic heterocycles. The lowest BCUT2D eigenvalue weighted by Gasteiger charge is -2.17. The van der Waals surface area contributed by atoms with Gasteiger partial charge in [-0.15, -0.1) is 11.3 Å². The van der Waals surface area contributed by atoms with Crippen molar-refractivity contribution >= 4 is 11.3 Å². The third-order valence-corrected chi connectivity index (χ3v) is 3.86. The number of benzene rings is 1. The van der Waals surface area contributed by atoms with E-state index in [1.165, 1.54) is 0 Å². The molecule has 102 valence electrons. The highest BCUT2D eigenvalue weighted by Gasteiger charge is 2.19. The van der Waals surface area contributed by atoms with Crippen molar-refractivity contribution in [2.75, 3.05) is 6.54 Å². The smallest absolute Gasteiger partial charge is 0.194 e. The number of thiophene rings is 1. The fraction of sp³-hybridized carbons (Fsp3) is 0.286. The van der Waals surface area contributed by atoms with E-state index >= 15 is 0 Å². The van der Waals surface area contributed by atoms with Gasteiger partial charge in [-0.25, -0.2) is 13.2 Å². The van der Waals surface area contributed by atoms with Gasteiger partial charge in [-0.1, -0.05) is 6.92 Å². The average molecular weight is 285 g/mol. The first-order valence-electron chi connectivity index (χ1n) is 5.97. The second-order valence-corrected chi connectivity index (χ2v) is 5.56. The molecule has 19 heavy (non-hydrogen) atoms. The van der Waals surface area contributed by atoms with Crippen LogP contribution < -0.4 is 5.32 Å². The molecule has 0 bridgehead atoms. The van der Waals surface area contributed by atoms with Crippen molar-refractivity contribution in [3.05, 3.63) is 57.0 Å². The summed E-state index contributed by atoms with van der Waals surface area (Å²) in [6.07, 6.45) is 0. The summed E-state index contributed by atoms with van der Waals surface area (Å²) in [4.78, 5) is 2.06. The zero-order valence-corrected chi connectivity index (χ0v) is 11.5. The van der Waals surface area contributed by atoms with Gasteiger partial charge in [0.1, 0.15) is 0 Å². The van der Waals surface area contributed by atoms with E-state index < -0.39 is 17.5 Å². The molecular weight excluding hydrogens is 271 g/mol. The van der Waals surface area contributed by atoms with Crippen LogP contribution in [0.2, 0.25) is 0 Å². The van der Waals surface area contributed by atoms with E-state index in [1.807, 2.05) is 26.0 Å². The minimum absolute atomic E-state index is 0.326. The summed E-state index contributed by atoms with van der Waals surface area (Å²) in [5.74, 6) is -3.75. The first-order chi connectivity index (χ1) is 9.02. The molecule has 1 atom stereocenters. The van der Waals surface area contributed by atoms with Gasteiger partial charge in [0, 0.05) is 9.75 Å². The lowest BCUT2D eigenvalue weighted by atomic mass is 10.0. The van der Waals surface area contributed by atoms with Gasteiger partial charge in [-0.3, -0.25) is 0 Å². The molecule has 0 saturated heterocycles. The standard InChI is InChI=1S/C14H14F3NS/c1-3-18-14(12-5-4-8(2)19-12)9-6-10(15)13(17)11(16)7-9/h4-7,14,18H,3H2,1-2H3. The molecule has 1 aromatic heterocycles. The van der Waals surface area contributed by atoms with Crippen LogP contribution in [0.15, 0.2) is 24.3 Å². The maximum absolute atomic E-state index is 13.3. The number of nitrogens with one attached hydrogen (secondary N) is 1. The van der Waals surface area contributed by atoms with Crippen LogP contribution in [0, 0.1) is 24.4 Å². The van der Waals surface area contributed by atoms with E-state index in [0.717, 1.165) is 21.9 Å². The second kappa shape index (κ2) is 5.75. The predicted octanol–water partition coefficient (Wildman–Crippen LogP) is 4.17. The summed E-state index contributed by atoms with van der Waals surface area (Å²) in [5, 5.41) is 3.16. The minimum Gasteiger partial charge on any atom is -0.306 e. The molecule has 2 rings (SSSR count). The summed E-state index contributed by atoms with van der Waals surface area (Å²) < 4.78 is 39.6. The number of halogens is 3. The van der Waals surface area contributed by atoms with Gasteiger partial charge in [-0.2, -0.15) is 0 Å². The Bertz CT molecular complexity index is 557. The maximum Gasteiger partial charge on any atom is 0.194 e. The molecule has 0 spiro atoms. The summed E-state index contributed by atoms with van der Waals surface area (Å²) in [6, 6.07) is 5.61. The van der Waals surface area contributed by atoms with Gasteiger partial charge >= 0.3 is 0 Å². The summed E-state index contributed by atoms with van der Waals surface area (Å²) in [5.41, 5.74) is 0.389. The molecule has 0 fully saturated rings. The van der Waals surface area contributed by atoms with Crippen molar-refractivity contribution in [2.24, 2.45) is 0 Å². The largest absolute Gasteiger partial charge is 0.306 e. The molecule has 0 amide bonds. The lowest BCUT2D eigenvalue weighted by Crippen LogP contribution is -2.21. The van der Waals surface area contributed by atoms with Gasteiger partial charge in [0.15, 0.2) is 17.5 Å². The first-order valence-corrected chi connectivity index (χ1v) is 6.78. The molecular formula is C14H14F3NS. The Morgan fingerprint density at radius 2 is 1.79 bits per heavy atom. The van der Waals surface area contributed by atoms with Crippen LogP contribution in [-0.2, 0) is 0 Å². The average Bonchev–Trinajstić information content (AvgIpc) is 2.79. The first kappa shape index (κ1) is 14.1. The third-order valence-electron chi connectivity index (χ3n) is 2.79. The predicted molar refractivity (Wildman–Crippen MR) is 70.9 cm³/mol. The Balaban J connectivity index is 2.44. The molecule has 0 aliphatic carbocycles. The van der Waals surface area contributed by atoms with Crippen LogP contribution in [0.3, 0.4) is 0 Å². The Hall–Kier alpha value is -1.33. The summed E-state index contributed by atoms with van der Waals surface area (Å²) in [7, 11) is 0. The normalized spacial score (nSPS) is 12.7. The molecule has 1 heterocycles. The second-order valence-electron chi connectivity index (χ2n) is 4.24. The van der Waals surface area contributed by atoms with Gasteiger partial charge in [0.05, 0.1) is 6.04 Å². The van der Waals surface area contributed by atoms with Crippen molar-refractivity contribution < 1.29 is 13.2 Å². The molecule has 2 aromatic rings. The van der Waals surface area contributed by atoms with Crippen molar-refractivity contribution in [2.45, 2.75) is 19.9 Å². The number of rotatable bonds is 4. The van der Waals surface area contributed by atoms with Gasteiger partial charge in [0.2, 0.25) is 0 Å². The minimum atomic E-state index is -1.43. The van der Waals surface area contributed by atoms with Crippen molar-refractivity contribution in [3.63, 3.8) is 0 Å². The van der Waals surface area contributed by atoms with Crippen LogP contribution in [0.5, 0.6) is 0 Å². The molecule has 0 aliphatic rings. The topological polar surface area (TPSA) is 12.0 Å². The Kier molecular flexibility index (Phi) is 4.27. The maximum atomic E-state index is 13.3. The van der Waals surface area contributed by atoms with Crippen molar-refractivity contribution in [1.29, 1.82) is 0 Å². The number of aryl methyl sites for hydroxylation is 1. The Morgan fingerprint density at radius 3 is 2.26 bits per heavy atom. The fourth-order valence-electron chi connectivity index (χ4n) is 1.94. The van der Waals surface area contributed by atoms with Gasteiger partial charge in [-0.05, 0) is 43.3 Å². The third kappa shape index (κ3) is 2.98. The lowest BCUT2D eigenvalue weighted by molar-refractivity contribution is 0.443. The SMILES string of the molecule is CCNC(c1cc(F)c(F)c(F)c1)c1ccc(C)s1. The van der Waals surface area contributed by atoms with Crippen LogP contribution in [0.1, 0.15) is 28.3 Å². The quantitative estimate of drug-likeness (QED) is 0.831. The van der Waals surface area contributed by atoms with Crippen molar-refractivity contribution in [3.8, 4) is 0 Å². The van der Waals surface area contributed by atoms with Gasteiger partial charge < -0.3 is 5.32 Å². The zero-order valence-electron chi connectivity index (χ0n) is 10.6. The van der Waals surface area contributed by atoms with Gasteiger partial charge in [0.25, 0.3) is 0 Å². The monoisotopic (exact) mass is 285 g/mol. The Labute approximate surface area is 114 Å². The summed E-state index contributed by atoms with van der Waals surface area (Å²) >= 11 is 1.55. The van der Waals surface area contributed by atoms with Crippen LogP contribution >= 0.6 is 11.3 Å². The highest BCUT2D eigenvalue weighted by molar-refractivity contribution is 7.12. The van der Waals surface area contributed by atoms with Crippen LogP contribution in [-0.4, -0.2) is 6.54 Å². The van der Waals surface area contributed by atoms with E-state index in [1.54, 1.807) is 11.3 Å². The molecule has 0 saturated carbocycles. The van der Waals surface area contributed by atoms with Crippen LogP contribution in [0.4, 0.5) is 13.2 Å². The highest BCUT2D eigenvalue weighted by Crippen LogP contribution is 2.29.